The monoisotopic (exact) mass is 235 g/mol. The van der Waals surface area contributed by atoms with Gasteiger partial charge in [-0.1, -0.05) is 18.2 Å². The van der Waals surface area contributed by atoms with Crippen LogP contribution in [0.1, 0.15) is 29.2 Å². The fourth-order valence-corrected chi connectivity index (χ4v) is 1.56. The van der Waals surface area contributed by atoms with Gasteiger partial charge in [-0.2, -0.15) is 5.26 Å². The normalized spacial score (nSPS) is 11.8. The van der Waals surface area contributed by atoms with E-state index < -0.39 is 12.1 Å². The zero-order chi connectivity index (χ0) is 12.8. The van der Waals surface area contributed by atoms with E-state index in [1.165, 1.54) is 6.07 Å². The van der Waals surface area contributed by atoms with Gasteiger partial charge >= 0.3 is 5.97 Å². The van der Waals surface area contributed by atoms with Crippen LogP contribution in [0.15, 0.2) is 18.2 Å². The van der Waals surface area contributed by atoms with Gasteiger partial charge in [-0.05, 0) is 23.1 Å². The number of hydrogen-bond donors (Lipinski definition) is 3. The number of nitrogens with zero attached hydrogens (tertiary/aromatic N) is 1. The number of aliphatic hydroxyl groups excluding tert-OH is 2. The van der Waals surface area contributed by atoms with E-state index in [4.69, 9.17) is 15.5 Å². The van der Waals surface area contributed by atoms with Crippen LogP contribution in [0.2, 0.25) is 0 Å². The second kappa shape index (κ2) is 5.99. The highest BCUT2D eigenvalue weighted by Gasteiger charge is 2.19. The highest BCUT2D eigenvalue weighted by Crippen LogP contribution is 2.21. The SMILES string of the molecule is N#CCCc1cc(CO)ccc1C(O)C(=O)O. The number of benzene rings is 1. The van der Waals surface area contributed by atoms with Gasteiger partial charge in [0, 0.05) is 6.42 Å². The number of aliphatic carboxylic acids is 1. The van der Waals surface area contributed by atoms with Gasteiger partial charge in [0.2, 0.25) is 0 Å². The Kier molecular flexibility index (Phi) is 4.64. The van der Waals surface area contributed by atoms with E-state index in [0.29, 0.717) is 17.5 Å². The smallest absolute Gasteiger partial charge is 0.337 e. The first-order chi connectivity index (χ1) is 8.10. The molecule has 1 atom stereocenters. The maximum Gasteiger partial charge on any atom is 0.337 e. The minimum atomic E-state index is -1.60. The standard InChI is InChI=1S/C12H13NO4/c13-5-1-2-9-6-8(7-14)3-4-10(9)11(15)12(16)17/h3-4,6,11,14-15H,1-2,7H2,(H,16,17). The van der Waals surface area contributed by atoms with E-state index in [9.17, 15) is 9.90 Å². The molecule has 0 amide bonds. The topological polar surface area (TPSA) is 102 Å². The summed E-state index contributed by atoms with van der Waals surface area (Å²) in [7, 11) is 0. The van der Waals surface area contributed by atoms with Crippen LogP contribution in [0.5, 0.6) is 0 Å². The number of carboxylic acids is 1. The molecule has 0 saturated heterocycles. The predicted octanol–water partition coefficient (Wildman–Crippen LogP) is 0.753. The highest BCUT2D eigenvalue weighted by atomic mass is 16.4. The molecule has 0 fully saturated rings. The van der Waals surface area contributed by atoms with E-state index in [1.807, 2.05) is 6.07 Å². The average molecular weight is 235 g/mol. The molecule has 0 heterocycles. The molecule has 0 bridgehead atoms. The Hall–Kier alpha value is -1.90. The molecule has 5 heteroatoms. The summed E-state index contributed by atoms with van der Waals surface area (Å²) in [4.78, 5) is 10.7. The molecule has 1 rings (SSSR count). The Labute approximate surface area is 98.6 Å². The zero-order valence-corrected chi connectivity index (χ0v) is 9.13. The Morgan fingerprint density at radius 3 is 2.71 bits per heavy atom. The van der Waals surface area contributed by atoms with Gasteiger partial charge in [0.25, 0.3) is 0 Å². The summed E-state index contributed by atoms with van der Waals surface area (Å²) in [6.45, 7) is -0.164. The molecule has 1 aromatic rings. The van der Waals surface area contributed by atoms with E-state index in [2.05, 4.69) is 0 Å². The molecule has 0 saturated carbocycles. The Morgan fingerprint density at radius 1 is 1.47 bits per heavy atom. The predicted molar refractivity (Wildman–Crippen MR) is 58.9 cm³/mol. The third kappa shape index (κ3) is 3.28. The molecule has 1 aromatic carbocycles. The summed E-state index contributed by atoms with van der Waals surface area (Å²) in [5.74, 6) is -1.33. The molecular formula is C12H13NO4. The van der Waals surface area contributed by atoms with Crippen molar-refractivity contribution in [3.05, 3.63) is 34.9 Å². The molecule has 0 aliphatic carbocycles. The first-order valence-corrected chi connectivity index (χ1v) is 5.10. The lowest BCUT2D eigenvalue weighted by atomic mass is 9.96. The van der Waals surface area contributed by atoms with Gasteiger partial charge < -0.3 is 15.3 Å². The molecule has 17 heavy (non-hydrogen) atoms. The lowest BCUT2D eigenvalue weighted by Gasteiger charge is -2.12. The maximum absolute atomic E-state index is 10.7. The molecule has 1 unspecified atom stereocenters. The van der Waals surface area contributed by atoms with Crippen LogP contribution < -0.4 is 0 Å². The summed E-state index contributed by atoms with van der Waals surface area (Å²) in [5.41, 5.74) is 1.47. The van der Waals surface area contributed by atoms with Crippen LogP contribution in [-0.4, -0.2) is 21.3 Å². The molecule has 0 spiro atoms. The van der Waals surface area contributed by atoms with Crippen molar-refractivity contribution in [1.82, 2.24) is 0 Å². The van der Waals surface area contributed by atoms with Gasteiger partial charge in [-0.3, -0.25) is 0 Å². The van der Waals surface area contributed by atoms with Crippen molar-refractivity contribution in [2.75, 3.05) is 0 Å². The molecule has 3 N–H and O–H groups in total. The quantitative estimate of drug-likeness (QED) is 0.699. The largest absolute Gasteiger partial charge is 0.479 e. The Morgan fingerprint density at radius 2 is 2.18 bits per heavy atom. The minimum absolute atomic E-state index is 0.164. The van der Waals surface area contributed by atoms with Crippen LogP contribution in [0.25, 0.3) is 0 Å². The molecule has 0 aromatic heterocycles. The third-order valence-corrected chi connectivity index (χ3v) is 2.42. The Bertz CT molecular complexity index is 450. The number of nitriles is 1. The van der Waals surface area contributed by atoms with Crippen molar-refractivity contribution >= 4 is 5.97 Å². The van der Waals surface area contributed by atoms with Crippen LogP contribution in [0.4, 0.5) is 0 Å². The van der Waals surface area contributed by atoms with Gasteiger partial charge in [0.1, 0.15) is 0 Å². The number of aryl methyl sites for hydroxylation is 1. The minimum Gasteiger partial charge on any atom is -0.479 e. The van der Waals surface area contributed by atoms with E-state index in [0.717, 1.165) is 0 Å². The summed E-state index contributed by atoms with van der Waals surface area (Å²) < 4.78 is 0. The number of aliphatic hydroxyl groups is 2. The van der Waals surface area contributed by atoms with Crippen LogP contribution in [0.3, 0.4) is 0 Å². The van der Waals surface area contributed by atoms with Gasteiger partial charge in [0.15, 0.2) is 6.10 Å². The first-order valence-electron chi connectivity index (χ1n) is 5.10. The lowest BCUT2D eigenvalue weighted by Crippen LogP contribution is -2.13. The van der Waals surface area contributed by atoms with Gasteiger partial charge in [-0.15, -0.1) is 0 Å². The molecule has 0 aliphatic rings. The average Bonchev–Trinajstić information content (AvgIpc) is 2.34. The van der Waals surface area contributed by atoms with Gasteiger partial charge in [0.05, 0.1) is 12.7 Å². The zero-order valence-electron chi connectivity index (χ0n) is 9.13. The van der Waals surface area contributed by atoms with Crippen molar-refractivity contribution in [2.24, 2.45) is 0 Å². The second-order valence-corrected chi connectivity index (χ2v) is 3.59. The lowest BCUT2D eigenvalue weighted by molar-refractivity contribution is -0.147. The van der Waals surface area contributed by atoms with Crippen LogP contribution >= 0.6 is 0 Å². The van der Waals surface area contributed by atoms with E-state index in [-0.39, 0.29) is 18.6 Å². The number of hydrogen-bond acceptors (Lipinski definition) is 4. The summed E-state index contributed by atoms with van der Waals surface area (Å²) in [6, 6.07) is 6.59. The number of rotatable bonds is 5. The van der Waals surface area contributed by atoms with Crippen LogP contribution in [-0.2, 0) is 17.8 Å². The fourth-order valence-electron chi connectivity index (χ4n) is 1.56. The molecule has 0 aliphatic heterocycles. The fraction of sp³-hybridized carbons (Fsp3) is 0.333. The van der Waals surface area contributed by atoms with Crippen molar-refractivity contribution in [3.8, 4) is 6.07 Å². The highest BCUT2D eigenvalue weighted by molar-refractivity contribution is 5.74. The summed E-state index contributed by atoms with van der Waals surface area (Å²) in [6.07, 6.45) is -1.02. The molecule has 90 valence electrons. The van der Waals surface area contributed by atoms with Crippen molar-refractivity contribution in [1.29, 1.82) is 5.26 Å². The van der Waals surface area contributed by atoms with Gasteiger partial charge in [-0.25, -0.2) is 4.79 Å². The van der Waals surface area contributed by atoms with Crippen LogP contribution in [0, 0.1) is 11.3 Å². The number of carbonyl (C=O) groups is 1. The summed E-state index contributed by atoms with van der Waals surface area (Å²) in [5, 5.41) is 35.7. The second-order valence-electron chi connectivity index (χ2n) is 3.59. The maximum atomic E-state index is 10.7. The molecule has 5 nitrogen and oxygen atoms in total. The first kappa shape index (κ1) is 13.2. The number of carboxylic acid groups (broad SMARTS) is 1. The molecular weight excluding hydrogens is 222 g/mol. The molecule has 0 radical (unpaired) electrons. The third-order valence-electron chi connectivity index (χ3n) is 2.42. The van der Waals surface area contributed by atoms with E-state index in [1.54, 1.807) is 12.1 Å². The Balaban J connectivity index is 3.10. The van der Waals surface area contributed by atoms with Crippen molar-refractivity contribution < 1.29 is 20.1 Å². The van der Waals surface area contributed by atoms with Crippen molar-refractivity contribution in [2.45, 2.75) is 25.6 Å². The van der Waals surface area contributed by atoms with E-state index >= 15 is 0 Å². The van der Waals surface area contributed by atoms with Crippen molar-refractivity contribution in [3.63, 3.8) is 0 Å². The summed E-state index contributed by atoms with van der Waals surface area (Å²) >= 11 is 0.